The number of ether oxygens (including phenoxy) is 1. The van der Waals surface area contributed by atoms with Crippen molar-refractivity contribution in [2.75, 3.05) is 6.61 Å². The van der Waals surface area contributed by atoms with Crippen LogP contribution in [-0.2, 0) is 4.74 Å². The maximum absolute atomic E-state index is 11.7. The van der Waals surface area contributed by atoms with Gasteiger partial charge in [-0.2, -0.15) is 0 Å². The molecule has 0 aromatic carbocycles. The lowest BCUT2D eigenvalue weighted by Gasteiger charge is -2.17. The van der Waals surface area contributed by atoms with Gasteiger partial charge in [0.2, 0.25) is 0 Å². The van der Waals surface area contributed by atoms with Gasteiger partial charge < -0.3 is 4.74 Å². The van der Waals surface area contributed by atoms with Crippen molar-refractivity contribution < 1.29 is 9.53 Å². The average Bonchev–Trinajstić information content (AvgIpc) is 2.74. The van der Waals surface area contributed by atoms with E-state index >= 15 is 0 Å². The Kier molecular flexibility index (Phi) is 3.78. The number of rotatable bonds is 3. The van der Waals surface area contributed by atoms with Gasteiger partial charge in [0.05, 0.1) is 6.61 Å². The Morgan fingerprint density at radius 3 is 3.06 bits per heavy atom. The number of thiophene rings is 1. The monoisotopic (exact) mass is 236 g/mol. The molecule has 0 N–H and O–H groups in total. The predicted octanol–water partition coefficient (Wildman–Crippen LogP) is 3.57. The van der Waals surface area contributed by atoms with Crippen molar-refractivity contribution in [3.8, 4) is 0 Å². The van der Waals surface area contributed by atoms with Crippen molar-refractivity contribution in [2.24, 2.45) is 5.92 Å². The summed E-state index contributed by atoms with van der Waals surface area (Å²) in [5.41, 5.74) is 1.01. The van der Waals surface area contributed by atoms with E-state index in [0.717, 1.165) is 29.7 Å². The topological polar surface area (TPSA) is 26.3 Å². The first-order chi connectivity index (χ1) is 7.77. The Morgan fingerprint density at radius 1 is 1.56 bits per heavy atom. The molecule has 0 spiro atoms. The van der Waals surface area contributed by atoms with Crippen LogP contribution in [0.3, 0.4) is 0 Å². The lowest BCUT2D eigenvalue weighted by molar-refractivity contribution is 0.0437. The minimum Gasteiger partial charge on any atom is -0.461 e. The van der Waals surface area contributed by atoms with Crippen LogP contribution in [0, 0.1) is 12.8 Å². The summed E-state index contributed by atoms with van der Waals surface area (Å²) in [6.07, 6.45) is 7.66. The zero-order valence-electron chi connectivity index (χ0n) is 9.44. The Balaban J connectivity index is 1.84. The van der Waals surface area contributed by atoms with Gasteiger partial charge in [-0.05, 0) is 49.1 Å². The lowest BCUT2D eigenvalue weighted by atomic mass is 9.95. The SMILES string of the molecule is Cc1ccsc1C(=O)OCC1CC=CCC1. The van der Waals surface area contributed by atoms with Gasteiger partial charge >= 0.3 is 5.97 Å². The molecule has 1 unspecified atom stereocenters. The number of carbonyl (C=O) groups is 1. The van der Waals surface area contributed by atoms with E-state index in [-0.39, 0.29) is 5.97 Å². The van der Waals surface area contributed by atoms with Gasteiger partial charge in [0, 0.05) is 0 Å². The van der Waals surface area contributed by atoms with Crippen molar-refractivity contribution in [3.63, 3.8) is 0 Å². The highest BCUT2D eigenvalue weighted by Gasteiger charge is 2.15. The van der Waals surface area contributed by atoms with Crippen LogP contribution in [0.5, 0.6) is 0 Å². The molecule has 0 radical (unpaired) electrons. The summed E-state index contributed by atoms with van der Waals surface area (Å²) in [5.74, 6) is 0.344. The largest absolute Gasteiger partial charge is 0.461 e. The molecule has 1 aliphatic carbocycles. The van der Waals surface area contributed by atoms with Crippen molar-refractivity contribution in [1.29, 1.82) is 0 Å². The minimum atomic E-state index is -0.165. The van der Waals surface area contributed by atoms with Crippen LogP contribution in [0.2, 0.25) is 0 Å². The van der Waals surface area contributed by atoms with Crippen LogP contribution < -0.4 is 0 Å². The molecule has 86 valence electrons. The van der Waals surface area contributed by atoms with Gasteiger partial charge in [-0.25, -0.2) is 4.79 Å². The summed E-state index contributed by atoms with van der Waals surface area (Å²) in [6.45, 7) is 2.50. The molecule has 1 aromatic rings. The molecular formula is C13H16O2S. The van der Waals surface area contributed by atoms with Gasteiger partial charge in [-0.3, -0.25) is 0 Å². The van der Waals surface area contributed by atoms with E-state index in [1.54, 1.807) is 0 Å². The summed E-state index contributed by atoms with van der Waals surface area (Å²) in [7, 11) is 0. The molecule has 1 atom stereocenters. The lowest BCUT2D eigenvalue weighted by Crippen LogP contribution is -2.15. The number of esters is 1. The van der Waals surface area contributed by atoms with Crippen LogP contribution in [0.4, 0.5) is 0 Å². The van der Waals surface area contributed by atoms with Gasteiger partial charge in [-0.15, -0.1) is 11.3 Å². The summed E-state index contributed by atoms with van der Waals surface area (Å²) >= 11 is 1.46. The van der Waals surface area contributed by atoms with Crippen molar-refractivity contribution >= 4 is 17.3 Å². The highest BCUT2D eigenvalue weighted by atomic mass is 32.1. The molecule has 2 rings (SSSR count). The molecule has 0 saturated carbocycles. The normalized spacial score (nSPS) is 19.7. The molecule has 0 saturated heterocycles. The fourth-order valence-electron chi connectivity index (χ4n) is 1.85. The van der Waals surface area contributed by atoms with Crippen molar-refractivity contribution in [3.05, 3.63) is 34.0 Å². The highest BCUT2D eigenvalue weighted by molar-refractivity contribution is 7.12. The van der Waals surface area contributed by atoms with E-state index in [1.807, 2.05) is 18.4 Å². The summed E-state index contributed by atoms with van der Waals surface area (Å²) in [4.78, 5) is 12.5. The van der Waals surface area contributed by atoms with Gasteiger partial charge in [-0.1, -0.05) is 12.2 Å². The second-order valence-electron chi connectivity index (χ2n) is 4.18. The van der Waals surface area contributed by atoms with Gasteiger partial charge in [0.25, 0.3) is 0 Å². The Morgan fingerprint density at radius 2 is 2.44 bits per heavy atom. The number of carbonyl (C=O) groups excluding carboxylic acids is 1. The second-order valence-corrected chi connectivity index (χ2v) is 5.10. The average molecular weight is 236 g/mol. The van der Waals surface area contributed by atoms with Crippen LogP contribution in [0.1, 0.15) is 34.5 Å². The molecule has 2 nitrogen and oxygen atoms in total. The Hall–Kier alpha value is -1.09. The molecule has 0 bridgehead atoms. The summed E-state index contributed by atoms with van der Waals surface area (Å²) in [5, 5.41) is 1.93. The minimum absolute atomic E-state index is 0.165. The Bertz CT molecular complexity index is 392. The fraction of sp³-hybridized carbons (Fsp3) is 0.462. The standard InChI is InChI=1S/C13H16O2S/c1-10-7-8-16-12(10)13(14)15-9-11-5-3-2-4-6-11/h2-3,7-8,11H,4-6,9H2,1H3. The molecule has 0 fully saturated rings. The molecule has 1 aliphatic rings. The Labute approximate surface area is 99.9 Å². The van der Waals surface area contributed by atoms with Crippen LogP contribution in [-0.4, -0.2) is 12.6 Å². The van der Waals surface area contributed by atoms with Crippen molar-refractivity contribution in [1.82, 2.24) is 0 Å². The molecule has 0 amide bonds. The molecule has 16 heavy (non-hydrogen) atoms. The zero-order valence-corrected chi connectivity index (χ0v) is 10.3. The van der Waals surface area contributed by atoms with E-state index in [4.69, 9.17) is 4.74 Å². The van der Waals surface area contributed by atoms with Crippen LogP contribution in [0.15, 0.2) is 23.6 Å². The van der Waals surface area contributed by atoms with Crippen LogP contribution >= 0.6 is 11.3 Å². The van der Waals surface area contributed by atoms with Crippen LogP contribution in [0.25, 0.3) is 0 Å². The van der Waals surface area contributed by atoms with E-state index in [1.165, 1.54) is 11.3 Å². The fourth-order valence-corrected chi connectivity index (χ4v) is 2.67. The highest BCUT2D eigenvalue weighted by Crippen LogP contribution is 2.20. The molecule has 1 heterocycles. The first-order valence-electron chi connectivity index (χ1n) is 5.63. The first kappa shape index (κ1) is 11.4. The quantitative estimate of drug-likeness (QED) is 0.592. The molecule has 3 heteroatoms. The zero-order chi connectivity index (χ0) is 11.4. The number of hydrogen-bond acceptors (Lipinski definition) is 3. The summed E-state index contributed by atoms with van der Waals surface area (Å²) < 4.78 is 5.34. The number of aryl methyl sites for hydroxylation is 1. The third kappa shape index (κ3) is 2.73. The van der Waals surface area contributed by atoms with Crippen molar-refractivity contribution in [2.45, 2.75) is 26.2 Å². The second kappa shape index (κ2) is 5.30. The number of hydrogen-bond donors (Lipinski definition) is 0. The summed E-state index contributed by atoms with van der Waals surface area (Å²) in [6, 6.07) is 1.95. The maximum atomic E-state index is 11.7. The molecular weight excluding hydrogens is 220 g/mol. The van der Waals surface area contributed by atoms with Gasteiger partial charge in [0.15, 0.2) is 0 Å². The predicted molar refractivity (Wildman–Crippen MR) is 65.8 cm³/mol. The third-order valence-corrected chi connectivity index (χ3v) is 3.87. The molecule has 0 aliphatic heterocycles. The third-order valence-electron chi connectivity index (χ3n) is 2.88. The smallest absolute Gasteiger partial charge is 0.348 e. The van der Waals surface area contributed by atoms with E-state index in [0.29, 0.717) is 12.5 Å². The van der Waals surface area contributed by atoms with E-state index in [2.05, 4.69) is 12.2 Å². The first-order valence-corrected chi connectivity index (χ1v) is 6.51. The van der Waals surface area contributed by atoms with E-state index in [9.17, 15) is 4.79 Å². The number of allylic oxidation sites excluding steroid dienone is 2. The van der Waals surface area contributed by atoms with E-state index < -0.39 is 0 Å². The maximum Gasteiger partial charge on any atom is 0.348 e. The van der Waals surface area contributed by atoms with Gasteiger partial charge in [0.1, 0.15) is 4.88 Å². The molecule has 1 aromatic heterocycles.